The number of rotatable bonds is 6. The third-order valence-corrected chi connectivity index (χ3v) is 4.00. The summed E-state index contributed by atoms with van der Waals surface area (Å²) in [5.41, 5.74) is 1.10. The zero-order chi connectivity index (χ0) is 19.6. The number of aliphatic hydroxyl groups is 1. The first kappa shape index (κ1) is 18.8. The molecular weight excluding hydrogens is 358 g/mol. The molecule has 0 saturated carbocycles. The van der Waals surface area contributed by atoms with E-state index in [-0.39, 0.29) is 42.5 Å². The highest BCUT2D eigenvalue weighted by Gasteiger charge is 2.21. The first-order chi connectivity index (χ1) is 13.0. The molecule has 0 spiro atoms. The fourth-order valence-electron chi connectivity index (χ4n) is 2.74. The van der Waals surface area contributed by atoms with Crippen molar-refractivity contribution in [3.63, 3.8) is 0 Å². The Morgan fingerprint density at radius 2 is 2.00 bits per heavy atom. The number of carbonyl (C=O) groups excluding carboxylic acids is 1. The Morgan fingerprint density at radius 3 is 2.63 bits per heavy atom. The maximum atomic E-state index is 13.8. The zero-order valence-corrected chi connectivity index (χ0v) is 14.8. The van der Waals surface area contributed by atoms with E-state index in [1.165, 1.54) is 22.7 Å². The number of hydrogen-bond donors (Lipinski definition) is 1. The summed E-state index contributed by atoms with van der Waals surface area (Å²) in [5.74, 6) is -1.83. The van der Waals surface area contributed by atoms with E-state index in [9.17, 15) is 18.7 Å². The van der Waals surface area contributed by atoms with Crippen molar-refractivity contribution in [2.24, 2.45) is 0 Å². The molecule has 142 valence electrons. The lowest BCUT2D eigenvalue weighted by molar-refractivity contribution is 0.0517. The molecule has 27 heavy (non-hydrogen) atoms. The molecule has 0 unspecified atom stereocenters. The number of aliphatic hydroxyl groups excluding tert-OH is 1. The van der Waals surface area contributed by atoms with Gasteiger partial charge in [0.25, 0.3) is 0 Å². The molecule has 2 aromatic heterocycles. The predicted molar refractivity (Wildman–Crippen MR) is 92.5 cm³/mol. The van der Waals surface area contributed by atoms with Crippen LogP contribution in [0.3, 0.4) is 0 Å². The molecule has 0 saturated heterocycles. The lowest BCUT2D eigenvalue weighted by Crippen LogP contribution is -2.10. The number of esters is 1. The molecule has 1 N–H and O–H groups in total. The molecule has 0 aliphatic carbocycles. The molecule has 0 atom stereocenters. The van der Waals surface area contributed by atoms with Crippen LogP contribution in [0.2, 0.25) is 0 Å². The van der Waals surface area contributed by atoms with E-state index < -0.39 is 17.6 Å². The average molecular weight is 376 g/mol. The van der Waals surface area contributed by atoms with Gasteiger partial charge in [0, 0.05) is 6.20 Å². The highest BCUT2D eigenvalue weighted by atomic mass is 19.1. The minimum atomic E-state index is -0.726. The first-order valence-electron chi connectivity index (χ1n) is 8.31. The topological polar surface area (TPSA) is 73.1 Å². The van der Waals surface area contributed by atoms with Crippen LogP contribution < -0.4 is 4.74 Å². The standard InChI is InChI=1S/C19H18F2N2O4/c1-3-26-19(25)17-11(2)22-18-16(7-12(9-24)8-23(17)18)27-10-13-14(20)5-4-6-15(13)21/h4-8,24H,3,9-10H2,1-2H3. The van der Waals surface area contributed by atoms with Gasteiger partial charge in [-0.25, -0.2) is 18.6 Å². The summed E-state index contributed by atoms with van der Waals surface area (Å²) in [7, 11) is 0. The molecule has 0 aliphatic rings. The average Bonchev–Trinajstić information content (AvgIpc) is 2.97. The van der Waals surface area contributed by atoms with Gasteiger partial charge in [0.2, 0.25) is 0 Å². The largest absolute Gasteiger partial charge is 0.485 e. The fraction of sp³-hybridized carbons (Fsp3) is 0.263. The van der Waals surface area contributed by atoms with Crippen LogP contribution in [0.25, 0.3) is 5.65 Å². The van der Waals surface area contributed by atoms with Gasteiger partial charge in [0.1, 0.15) is 18.2 Å². The lowest BCUT2D eigenvalue weighted by Gasteiger charge is -2.11. The van der Waals surface area contributed by atoms with Crippen LogP contribution in [0.1, 0.15) is 34.2 Å². The van der Waals surface area contributed by atoms with Gasteiger partial charge in [0.05, 0.1) is 24.5 Å². The Bertz CT molecular complexity index is 981. The molecule has 2 heterocycles. The predicted octanol–water partition coefficient (Wildman–Crippen LogP) is 3.17. The number of ether oxygens (including phenoxy) is 2. The van der Waals surface area contributed by atoms with Crippen molar-refractivity contribution < 1.29 is 28.2 Å². The van der Waals surface area contributed by atoms with Crippen molar-refractivity contribution in [2.45, 2.75) is 27.1 Å². The monoisotopic (exact) mass is 376 g/mol. The second kappa shape index (κ2) is 7.71. The van der Waals surface area contributed by atoms with Gasteiger partial charge in [-0.05, 0) is 37.6 Å². The fourth-order valence-corrected chi connectivity index (χ4v) is 2.74. The number of imidazole rings is 1. The summed E-state index contributed by atoms with van der Waals surface area (Å²) >= 11 is 0. The van der Waals surface area contributed by atoms with Crippen LogP contribution in [-0.2, 0) is 18.0 Å². The second-order valence-corrected chi connectivity index (χ2v) is 5.82. The second-order valence-electron chi connectivity index (χ2n) is 5.82. The summed E-state index contributed by atoms with van der Waals surface area (Å²) in [6, 6.07) is 5.05. The molecule has 6 nitrogen and oxygen atoms in total. The molecule has 1 aromatic carbocycles. The van der Waals surface area contributed by atoms with E-state index in [4.69, 9.17) is 9.47 Å². The van der Waals surface area contributed by atoms with Crippen molar-refractivity contribution in [2.75, 3.05) is 6.61 Å². The molecule has 8 heteroatoms. The number of halogens is 2. The van der Waals surface area contributed by atoms with Crippen molar-refractivity contribution in [3.05, 3.63) is 64.6 Å². The van der Waals surface area contributed by atoms with Gasteiger partial charge in [-0.2, -0.15) is 0 Å². The van der Waals surface area contributed by atoms with Crippen LogP contribution >= 0.6 is 0 Å². The molecule has 3 rings (SSSR count). The summed E-state index contributed by atoms with van der Waals surface area (Å²) in [6.45, 7) is 2.83. The number of fused-ring (bicyclic) bond motifs is 1. The van der Waals surface area contributed by atoms with Gasteiger partial charge in [-0.1, -0.05) is 6.07 Å². The van der Waals surface area contributed by atoms with E-state index in [1.807, 2.05) is 0 Å². The summed E-state index contributed by atoms with van der Waals surface area (Å²) < 4.78 is 39.7. The molecule has 0 radical (unpaired) electrons. The zero-order valence-electron chi connectivity index (χ0n) is 14.8. The van der Waals surface area contributed by atoms with Crippen LogP contribution in [0.15, 0.2) is 30.5 Å². The smallest absolute Gasteiger partial charge is 0.357 e. The minimum absolute atomic E-state index is 0.183. The Kier molecular flexibility index (Phi) is 5.36. The van der Waals surface area contributed by atoms with Gasteiger partial charge < -0.3 is 14.6 Å². The maximum absolute atomic E-state index is 13.8. The summed E-state index contributed by atoms with van der Waals surface area (Å²) in [4.78, 5) is 16.6. The number of pyridine rings is 1. The number of hydrogen-bond acceptors (Lipinski definition) is 5. The van der Waals surface area contributed by atoms with Crippen LogP contribution in [0, 0.1) is 18.6 Å². The summed E-state index contributed by atoms with van der Waals surface area (Å²) in [6.07, 6.45) is 1.54. The first-order valence-corrected chi connectivity index (χ1v) is 8.31. The van der Waals surface area contributed by atoms with Crippen molar-refractivity contribution >= 4 is 11.6 Å². The number of carbonyl (C=O) groups is 1. The van der Waals surface area contributed by atoms with Crippen molar-refractivity contribution in [1.29, 1.82) is 0 Å². The lowest BCUT2D eigenvalue weighted by atomic mass is 10.2. The van der Waals surface area contributed by atoms with E-state index in [2.05, 4.69) is 4.98 Å². The van der Waals surface area contributed by atoms with Crippen molar-refractivity contribution in [3.8, 4) is 5.75 Å². The quantitative estimate of drug-likeness (QED) is 0.669. The van der Waals surface area contributed by atoms with E-state index in [0.29, 0.717) is 11.3 Å². The van der Waals surface area contributed by atoms with Gasteiger partial charge in [-0.15, -0.1) is 0 Å². The molecule has 3 aromatic rings. The van der Waals surface area contributed by atoms with Crippen molar-refractivity contribution in [1.82, 2.24) is 9.38 Å². The van der Waals surface area contributed by atoms with Gasteiger partial charge >= 0.3 is 5.97 Å². The Morgan fingerprint density at radius 1 is 1.30 bits per heavy atom. The number of aryl methyl sites for hydroxylation is 1. The van der Waals surface area contributed by atoms with E-state index >= 15 is 0 Å². The Labute approximate surface area is 154 Å². The van der Waals surface area contributed by atoms with Gasteiger partial charge in [0.15, 0.2) is 17.1 Å². The molecule has 0 aliphatic heterocycles. The molecule has 0 fully saturated rings. The highest BCUT2D eigenvalue weighted by molar-refractivity contribution is 5.90. The number of aromatic nitrogens is 2. The van der Waals surface area contributed by atoms with Gasteiger partial charge in [-0.3, -0.25) is 4.40 Å². The van der Waals surface area contributed by atoms with Crippen LogP contribution in [-0.4, -0.2) is 27.1 Å². The number of benzene rings is 1. The third kappa shape index (κ3) is 3.61. The third-order valence-electron chi connectivity index (χ3n) is 4.00. The molecular formula is C19H18F2N2O4. The summed E-state index contributed by atoms with van der Waals surface area (Å²) in [5, 5.41) is 9.51. The van der Waals surface area contributed by atoms with Crippen LogP contribution in [0.5, 0.6) is 5.75 Å². The normalized spacial score (nSPS) is 11.0. The minimum Gasteiger partial charge on any atom is -0.485 e. The molecule has 0 bridgehead atoms. The van der Waals surface area contributed by atoms with Crippen LogP contribution in [0.4, 0.5) is 8.78 Å². The van der Waals surface area contributed by atoms with E-state index in [1.54, 1.807) is 13.8 Å². The van der Waals surface area contributed by atoms with E-state index in [0.717, 1.165) is 12.1 Å². The number of nitrogens with zero attached hydrogens (tertiary/aromatic N) is 2. The Balaban J connectivity index is 2.05. The highest BCUT2D eigenvalue weighted by Crippen LogP contribution is 2.26. The molecule has 0 amide bonds. The Hall–Kier alpha value is -3.00. The SMILES string of the molecule is CCOC(=O)c1c(C)nc2c(OCc3c(F)cccc3F)cc(CO)cn12. The maximum Gasteiger partial charge on any atom is 0.357 e.